The number of anilines is 1. The number of carbonyl (C=O) groups excluding carboxylic acids is 1. The molecule has 23 heavy (non-hydrogen) atoms. The molecular formula is C17H25FN2O3. The third-order valence-corrected chi connectivity index (χ3v) is 4.59. The second kappa shape index (κ2) is 7.75. The molecular weight excluding hydrogens is 299 g/mol. The van der Waals surface area contributed by atoms with Crippen LogP contribution < -0.4 is 5.32 Å². The normalized spacial score (nSPS) is 24.5. The maximum Gasteiger partial charge on any atom is 0.241 e. The first-order valence-electron chi connectivity index (χ1n) is 8.07. The highest BCUT2D eigenvalue weighted by molar-refractivity contribution is 5.81. The van der Waals surface area contributed by atoms with E-state index in [-0.39, 0.29) is 24.9 Å². The molecule has 0 aliphatic carbocycles. The number of rotatable bonds is 6. The molecule has 0 unspecified atom stereocenters. The van der Waals surface area contributed by atoms with Crippen LogP contribution in [0.5, 0.6) is 0 Å². The highest BCUT2D eigenvalue weighted by atomic mass is 19.1. The molecule has 1 amide bonds. The fourth-order valence-electron chi connectivity index (χ4n) is 3.20. The number of halogens is 1. The lowest BCUT2D eigenvalue weighted by molar-refractivity contribution is -0.140. The van der Waals surface area contributed by atoms with Crippen molar-refractivity contribution in [3.8, 4) is 0 Å². The zero-order chi connectivity index (χ0) is 16.9. The van der Waals surface area contributed by atoms with Crippen LogP contribution in [0, 0.1) is 11.2 Å². The lowest BCUT2D eigenvalue weighted by Gasteiger charge is -2.45. The summed E-state index contributed by atoms with van der Waals surface area (Å²) < 4.78 is 12.9. The summed E-state index contributed by atoms with van der Waals surface area (Å²) in [7, 11) is 0. The van der Waals surface area contributed by atoms with Crippen LogP contribution in [0.4, 0.5) is 10.1 Å². The molecule has 0 radical (unpaired) electrons. The first-order chi connectivity index (χ1) is 11.0. The molecule has 3 N–H and O–H groups in total. The van der Waals surface area contributed by atoms with E-state index in [4.69, 9.17) is 0 Å². The van der Waals surface area contributed by atoms with Crippen molar-refractivity contribution in [1.29, 1.82) is 0 Å². The van der Waals surface area contributed by atoms with Gasteiger partial charge in [-0.3, -0.25) is 4.79 Å². The number of hydrogen-bond acceptors (Lipinski definition) is 4. The fourth-order valence-corrected chi connectivity index (χ4v) is 3.20. The molecule has 0 bridgehead atoms. The zero-order valence-electron chi connectivity index (χ0n) is 13.5. The Kier molecular flexibility index (Phi) is 5.96. The molecule has 2 rings (SSSR count). The summed E-state index contributed by atoms with van der Waals surface area (Å²) in [6.07, 6.45) is 1.41. The van der Waals surface area contributed by atoms with Gasteiger partial charge in [0.2, 0.25) is 5.91 Å². The summed E-state index contributed by atoms with van der Waals surface area (Å²) in [6, 6.07) is 5.83. The first kappa shape index (κ1) is 17.7. The van der Waals surface area contributed by atoms with Crippen LogP contribution >= 0.6 is 0 Å². The van der Waals surface area contributed by atoms with Gasteiger partial charge in [0.15, 0.2) is 0 Å². The number of amides is 1. The second-order valence-electron chi connectivity index (χ2n) is 6.25. The fraction of sp³-hybridized carbons (Fsp3) is 0.588. The van der Waals surface area contributed by atoms with Crippen LogP contribution in [0.2, 0.25) is 0 Å². The van der Waals surface area contributed by atoms with Gasteiger partial charge < -0.3 is 20.4 Å². The summed E-state index contributed by atoms with van der Waals surface area (Å²) in [5, 5.41) is 22.9. The van der Waals surface area contributed by atoms with Crippen molar-refractivity contribution in [2.75, 3.05) is 31.6 Å². The van der Waals surface area contributed by atoms with Crippen molar-refractivity contribution >= 4 is 11.6 Å². The van der Waals surface area contributed by atoms with E-state index in [1.807, 2.05) is 6.92 Å². The van der Waals surface area contributed by atoms with Crippen molar-refractivity contribution in [2.24, 2.45) is 5.41 Å². The number of likely N-dealkylation sites (tertiary alicyclic amines) is 1. The predicted octanol–water partition coefficient (Wildman–Crippen LogP) is 1.61. The zero-order valence-corrected chi connectivity index (χ0v) is 13.5. The topological polar surface area (TPSA) is 72.8 Å². The van der Waals surface area contributed by atoms with E-state index in [9.17, 15) is 19.4 Å². The first-order valence-corrected chi connectivity index (χ1v) is 8.07. The summed E-state index contributed by atoms with van der Waals surface area (Å²) in [5.41, 5.74) is 0.0530. The van der Waals surface area contributed by atoms with Gasteiger partial charge in [-0.1, -0.05) is 13.3 Å². The molecule has 6 heteroatoms. The minimum atomic E-state index is -0.626. The Balaban J connectivity index is 1.95. The predicted molar refractivity (Wildman–Crippen MR) is 86.5 cm³/mol. The van der Waals surface area contributed by atoms with Gasteiger partial charge in [-0.05, 0) is 37.1 Å². The SMILES string of the molecule is CCC[C@@]1(CO)CN(C(=O)CNc2ccc(F)cc2)CC[C@@H]1O. The van der Waals surface area contributed by atoms with Crippen molar-refractivity contribution in [1.82, 2.24) is 4.90 Å². The summed E-state index contributed by atoms with van der Waals surface area (Å²) in [4.78, 5) is 14.1. The minimum Gasteiger partial charge on any atom is -0.396 e. The number of hydrogen-bond donors (Lipinski definition) is 3. The van der Waals surface area contributed by atoms with Gasteiger partial charge in [-0.15, -0.1) is 0 Å². The van der Waals surface area contributed by atoms with Gasteiger partial charge in [0, 0.05) is 24.2 Å². The van der Waals surface area contributed by atoms with Crippen LogP contribution in [0.15, 0.2) is 24.3 Å². The van der Waals surface area contributed by atoms with Gasteiger partial charge in [0.1, 0.15) is 5.82 Å². The van der Waals surface area contributed by atoms with Crippen LogP contribution in [-0.4, -0.2) is 53.4 Å². The Morgan fingerprint density at radius 2 is 2.13 bits per heavy atom. The van der Waals surface area contributed by atoms with E-state index in [1.54, 1.807) is 17.0 Å². The highest BCUT2D eigenvalue weighted by Crippen LogP contribution is 2.34. The molecule has 0 spiro atoms. The van der Waals surface area contributed by atoms with E-state index in [0.29, 0.717) is 31.6 Å². The largest absolute Gasteiger partial charge is 0.396 e. The van der Waals surface area contributed by atoms with Crippen LogP contribution in [0.1, 0.15) is 26.2 Å². The van der Waals surface area contributed by atoms with Crippen molar-refractivity contribution in [2.45, 2.75) is 32.3 Å². The number of nitrogens with zero attached hydrogens (tertiary/aromatic N) is 1. The molecule has 0 aromatic heterocycles. The minimum absolute atomic E-state index is 0.0878. The number of aliphatic hydroxyl groups excluding tert-OH is 2. The Bertz CT molecular complexity index is 523. The van der Waals surface area contributed by atoms with Crippen molar-refractivity contribution in [3.05, 3.63) is 30.1 Å². The number of nitrogens with one attached hydrogen (secondary N) is 1. The molecule has 1 fully saturated rings. The molecule has 1 aromatic carbocycles. The lowest BCUT2D eigenvalue weighted by atomic mass is 9.74. The molecule has 128 valence electrons. The third kappa shape index (κ3) is 4.20. The Morgan fingerprint density at radius 1 is 1.43 bits per heavy atom. The number of aliphatic hydroxyl groups is 2. The number of carbonyl (C=O) groups is 1. The third-order valence-electron chi connectivity index (χ3n) is 4.59. The molecule has 1 saturated heterocycles. The van der Waals surface area contributed by atoms with Crippen LogP contribution in [0.25, 0.3) is 0 Å². The molecule has 1 heterocycles. The van der Waals surface area contributed by atoms with Gasteiger partial charge in [0.25, 0.3) is 0 Å². The Labute approximate surface area is 136 Å². The van der Waals surface area contributed by atoms with E-state index in [1.165, 1.54) is 12.1 Å². The van der Waals surface area contributed by atoms with E-state index < -0.39 is 11.5 Å². The summed E-state index contributed by atoms with van der Waals surface area (Å²) in [5.74, 6) is -0.408. The van der Waals surface area contributed by atoms with Crippen LogP contribution in [-0.2, 0) is 4.79 Å². The quantitative estimate of drug-likeness (QED) is 0.743. The maximum absolute atomic E-state index is 12.9. The molecule has 1 aliphatic rings. The van der Waals surface area contributed by atoms with Gasteiger partial charge in [0.05, 0.1) is 19.3 Å². The standard InChI is InChI=1S/C17H25FN2O3/c1-2-8-17(12-21)11-20(9-7-15(17)22)16(23)10-19-14-5-3-13(18)4-6-14/h3-6,15,19,21-22H,2,7-12H2,1H3/t15-,17-/m0/s1. The van der Waals surface area contributed by atoms with E-state index in [0.717, 1.165) is 6.42 Å². The van der Waals surface area contributed by atoms with Crippen LogP contribution in [0.3, 0.4) is 0 Å². The molecule has 1 aromatic rings. The Hall–Kier alpha value is -1.66. The van der Waals surface area contributed by atoms with Gasteiger partial charge in [-0.25, -0.2) is 4.39 Å². The molecule has 5 nitrogen and oxygen atoms in total. The number of piperidine rings is 1. The monoisotopic (exact) mass is 324 g/mol. The smallest absolute Gasteiger partial charge is 0.241 e. The lowest BCUT2D eigenvalue weighted by Crippen LogP contribution is -2.56. The molecule has 1 aliphatic heterocycles. The summed E-state index contributed by atoms with van der Waals surface area (Å²) in [6.45, 7) is 2.83. The Morgan fingerprint density at radius 3 is 2.74 bits per heavy atom. The summed E-state index contributed by atoms with van der Waals surface area (Å²) >= 11 is 0. The second-order valence-corrected chi connectivity index (χ2v) is 6.25. The van der Waals surface area contributed by atoms with Crippen molar-refractivity contribution in [3.63, 3.8) is 0 Å². The maximum atomic E-state index is 12.9. The average molecular weight is 324 g/mol. The van der Waals surface area contributed by atoms with Gasteiger partial charge in [-0.2, -0.15) is 0 Å². The highest BCUT2D eigenvalue weighted by Gasteiger charge is 2.42. The van der Waals surface area contributed by atoms with E-state index >= 15 is 0 Å². The number of benzene rings is 1. The molecule has 2 atom stereocenters. The van der Waals surface area contributed by atoms with Crippen molar-refractivity contribution < 1.29 is 19.4 Å². The van der Waals surface area contributed by atoms with E-state index in [2.05, 4.69) is 5.32 Å². The average Bonchev–Trinajstić information content (AvgIpc) is 2.56. The van der Waals surface area contributed by atoms with Gasteiger partial charge >= 0.3 is 0 Å². The molecule has 0 saturated carbocycles.